The van der Waals surface area contributed by atoms with Gasteiger partial charge in [0.15, 0.2) is 5.78 Å². The van der Waals surface area contributed by atoms with E-state index in [1.807, 2.05) is 0 Å². The molecule has 8 nitrogen and oxygen atoms in total. The number of halogens is 1. The van der Waals surface area contributed by atoms with Crippen LogP contribution in [0.5, 0.6) is 0 Å². The number of hydrogen-bond acceptors (Lipinski definition) is 5. The van der Waals surface area contributed by atoms with Gasteiger partial charge < -0.3 is 21.4 Å². The SMILES string of the molecule is CC(C)C(=O)N[C@H](C(=O)N[C@@H](CCC(=O)C=N)C(=O)NCc1ccc(F)cc1)C(C)C. The Balaban J connectivity index is 2.88. The first-order valence-corrected chi connectivity index (χ1v) is 10.2. The third kappa shape index (κ3) is 9.06. The Morgan fingerprint density at radius 1 is 0.968 bits per heavy atom. The van der Waals surface area contributed by atoms with E-state index in [2.05, 4.69) is 16.0 Å². The minimum Gasteiger partial charge on any atom is -0.350 e. The molecule has 1 aromatic carbocycles. The molecule has 0 unspecified atom stereocenters. The van der Waals surface area contributed by atoms with Gasteiger partial charge in [-0.25, -0.2) is 4.39 Å². The van der Waals surface area contributed by atoms with E-state index in [1.165, 1.54) is 24.3 Å². The molecule has 0 aliphatic heterocycles. The molecule has 0 radical (unpaired) electrons. The zero-order valence-corrected chi connectivity index (χ0v) is 18.3. The van der Waals surface area contributed by atoms with Crippen molar-refractivity contribution < 1.29 is 23.6 Å². The second-order valence-corrected chi connectivity index (χ2v) is 7.94. The number of nitrogens with one attached hydrogen (secondary N) is 4. The zero-order chi connectivity index (χ0) is 23.6. The van der Waals surface area contributed by atoms with Crippen LogP contribution in [-0.4, -0.2) is 41.8 Å². The molecule has 9 heteroatoms. The Labute approximate surface area is 181 Å². The lowest BCUT2D eigenvalue weighted by Gasteiger charge is -2.26. The first kappa shape index (κ1) is 25.9. The van der Waals surface area contributed by atoms with Gasteiger partial charge in [-0.3, -0.25) is 19.2 Å². The van der Waals surface area contributed by atoms with Gasteiger partial charge in [0.1, 0.15) is 17.9 Å². The molecule has 4 N–H and O–H groups in total. The van der Waals surface area contributed by atoms with Crippen molar-refractivity contribution in [2.75, 3.05) is 0 Å². The molecule has 0 fully saturated rings. The average molecular weight is 435 g/mol. The molecule has 170 valence electrons. The highest BCUT2D eigenvalue weighted by Crippen LogP contribution is 2.07. The number of rotatable bonds is 12. The molecule has 3 amide bonds. The van der Waals surface area contributed by atoms with Gasteiger partial charge in [0.2, 0.25) is 17.7 Å². The molecule has 1 aromatic rings. The van der Waals surface area contributed by atoms with Crippen molar-refractivity contribution in [1.82, 2.24) is 16.0 Å². The maximum atomic E-state index is 13.0. The molecule has 31 heavy (non-hydrogen) atoms. The quantitative estimate of drug-likeness (QED) is 0.373. The van der Waals surface area contributed by atoms with Crippen molar-refractivity contribution in [3.63, 3.8) is 0 Å². The summed E-state index contributed by atoms with van der Waals surface area (Å²) in [4.78, 5) is 49.1. The first-order chi connectivity index (χ1) is 14.5. The van der Waals surface area contributed by atoms with Gasteiger partial charge in [-0.2, -0.15) is 0 Å². The Bertz CT molecular complexity index is 793. The molecular formula is C22H31FN4O4. The van der Waals surface area contributed by atoms with Crippen molar-refractivity contribution in [3.05, 3.63) is 35.6 Å². The van der Waals surface area contributed by atoms with Gasteiger partial charge in [0.25, 0.3) is 0 Å². The van der Waals surface area contributed by atoms with E-state index >= 15 is 0 Å². The largest absolute Gasteiger partial charge is 0.350 e. The van der Waals surface area contributed by atoms with Crippen LogP contribution in [0.3, 0.4) is 0 Å². The average Bonchev–Trinajstić information content (AvgIpc) is 2.73. The summed E-state index contributed by atoms with van der Waals surface area (Å²) in [6, 6.07) is 3.72. The van der Waals surface area contributed by atoms with E-state index in [9.17, 15) is 23.6 Å². The van der Waals surface area contributed by atoms with Crippen LogP contribution in [0.2, 0.25) is 0 Å². The number of benzene rings is 1. The van der Waals surface area contributed by atoms with Crippen LogP contribution >= 0.6 is 0 Å². The third-order valence-electron chi connectivity index (χ3n) is 4.62. The van der Waals surface area contributed by atoms with Crippen molar-refractivity contribution in [3.8, 4) is 0 Å². The molecule has 0 saturated heterocycles. The van der Waals surface area contributed by atoms with Crippen LogP contribution in [0.25, 0.3) is 0 Å². The van der Waals surface area contributed by atoms with E-state index in [0.717, 1.165) is 0 Å². The number of ketones is 1. The van der Waals surface area contributed by atoms with Gasteiger partial charge in [-0.05, 0) is 30.0 Å². The molecule has 0 bridgehead atoms. The predicted molar refractivity (Wildman–Crippen MR) is 115 cm³/mol. The standard InChI is InChI=1S/C22H31FN4O4/c1-13(2)19(27-20(29)14(3)4)22(31)26-18(10-9-17(28)11-24)21(30)25-12-15-5-7-16(23)8-6-15/h5-8,11,13-14,18-19,24H,9-10,12H2,1-4H3,(H,25,30)(H,26,31)(H,27,29)/t18-,19-/m0/s1. The highest BCUT2D eigenvalue weighted by atomic mass is 19.1. The first-order valence-electron chi connectivity index (χ1n) is 10.2. The van der Waals surface area contributed by atoms with Crippen LogP contribution < -0.4 is 16.0 Å². The highest BCUT2D eigenvalue weighted by Gasteiger charge is 2.29. The second-order valence-electron chi connectivity index (χ2n) is 7.94. The summed E-state index contributed by atoms with van der Waals surface area (Å²) >= 11 is 0. The molecular weight excluding hydrogens is 403 g/mol. The predicted octanol–water partition coefficient (Wildman–Crippen LogP) is 1.72. The highest BCUT2D eigenvalue weighted by molar-refractivity contribution is 6.26. The number of carbonyl (C=O) groups is 4. The summed E-state index contributed by atoms with van der Waals surface area (Å²) in [5.74, 6) is -2.75. The molecule has 0 aliphatic rings. The van der Waals surface area contributed by atoms with Crippen LogP contribution in [0.1, 0.15) is 46.1 Å². The van der Waals surface area contributed by atoms with E-state index in [1.54, 1.807) is 27.7 Å². The topological polar surface area (TPSA) is 128 Å². The number of Topliss-reactive ketones (excluding diaryl/α,β-unsaturated/α-hetero) is 1. The van der Waals surface area contributed by atoms with Crippen LogP contribution in [0.15, 0.2) is 24.3 Å². The molecule has 2 atom stereocenters. The number of carbonyl (C=O) groups excluding carboxylic acids is 4. The normalized spacial score (nSPS) is 12.7. The molecule has 0 aromatic heterocycles. The lowest BCUT2D eigenvalue weighted by Crippen LogP contribution is -2.55. The Morgan fingerprint density at radius 3 is 2.10 bits per heavy atom. The molecule has 1 rings (SSSR count). The van der Waals surface area contributed by atoms with Crippen molar-refractivity contribution in [2.45, 2.75) is 59.2 Å². The fourth-order valence-electron chi connectivity index (χ4n) is 2.66. The fourth-order valence-corrected chi connectivity index (χ4v) is 2.66. The fraction of sp³-hybridized carbons (Fsp3) is 0.500. The molecule has 0 aliphatic carbocycles. The van der Waals surface area contributed by atoms with Crippen LogP contribution in [0, 0.1) is 23.1 Å². The monoisotopic (exact) mass is 434 g/mol. The lowest BCUT2D eigenvalue weighted by atomic mass is 10.0. The van der Waals surface area contributed by atoms with E-state index < -0.39 is 35.5 Å². The Morgan fingerprint density at radius 2 is 1.58 bits per heavy atom. The van der Waals surface area contributed by atoms with E-state index in [0.29, 0.717) is 11.8 Å². The van der Waals surface area contributed by atoms with E-state index in [4.69, 9.17) is 5.41 Å². The van der Waals surface area contributed by atoms with Crippen LogP contribution in [0.4, 0.5) is 4.39 Å². The summed E-state index contributed by atoms with van der Waals surface area (Å²) in [6.45, 7) is 7.07. The summed E-state index contributed by atoms with van der Waals surface area (Å²) in [7, 11) is 0. The van der Waals surface area contributed by atoms with Gasteiger partial charge in [0, 0.05) is 18.9 Å². The van der Waals surface area contributed by atoms with Crippen molar-refractivity contribution in [1.29, 1.82) is 5.41 Å². The summed E-state index contributed by atoms with van der Waals surface area (Å²) in [6.07, 6.45) is 0.566. The molecule has 0 saturated carbocycles. The number of amides is 3. The minimum absolute atomic E-state index is 0.00184. The smallest absolute Gasteiger partial charge is 0.243 e. The second kappa shape index (κ2) is 12.6. The lowest BCUT2D eigenvalue weighted by molar-refractivity contribution is -0.134. The van der Waals surface area contributed by atoms with Crippen molar-refractivity contribution >= 4 is 29.7 Å². The van der Waals surface area contributed by atoms with Gasteiger partial charge >= 0.3 is 0 Å². The van der Waals surface area contributed by atoms with Gasteiger partial charge in [-0.15, -0.1) is 0 Å². The van der Waals surface area contributed by atoms with Crippen molar-refractivity contribution in [2.24, 2.45) is 11.8 Å². The Hall–Kier alpha value is -3.10. The summed E-state index contributed by atoms with van der Waals surface area (Å²) in [5, 5.41) is 15.0. The van der Waals surface area contributed by atoms with Crippen LogP contribution in [-0.2, 0) is 25.7 Å². The minimum atomic E-state index is -1.03. The van der Waals surface area contributed by atoms with E-state index in [-0.39, 0.29) is 37.1 Å². The summed E-state index contributed by atoms with van der Waals surface area (Å²) in [5.41, 5.74) is 0.666. The molecule has 0 spiro atoms. The maximum absolute atomic E-state index is 13.0. The zero-order valence-electron chi connectivity index (χ0n) is 18.3. The Kier molecular flexibility index (Phi) is 10.5. The molecule has 0 heterocycles. The van der Waals surface area contributed by atoms with Gasteiger partial charge in [-0.1, -0.05) is 39.8 Å². The summed E-state index contributed by atoms with van der Waals surface area (Å²) < 4.78 is 13.0. The van der Waals surface area contributed by atoms with Gasteiger partial charge in [0.05, 0.1) is 6.21 Å². The number of hydrogen-bond donors (Lipinski definition) is 4. The third-order valence-corrected chi connectivity index (χ3v) is 4.62. The maximum Gasteiger partial charge on any atom is 0.243 e.